The van der Waals surface area contributed by atoms with E-state index in [0.29, 0.717) is 0 Å². The van der Waals surface area contributed by atoms with Crippen molar-refractivity contribution in [3.63, 3.8) is 0 Å². The van der Waals surface area contributed by atoms with Gasteiger partial charge in [-0.3, -0.25) is 4.90 Å². The summed E-state index contributed by atoms with van der Waals surface area (Å²) < 4.78 is 0. The van der Waals surface area contributed by atoms with E-state index in [-0.39, 0.29) is 0 Å². The minimum atomic E-state index is 0.834. The van der Waals surface area contributed by atoms with Crippen molar-refractivity contribution in [1.29, 1.82) is 0 Å². The number of rotatable bonds is 4. The molecule has 0 amide bonds. The molecule has 1 N–H and O–H groups in total. The molecule has 2 aliphatic rings. The van der Waals surface area contributed by atoms with Gasteiger partial charge in [-0.05, 0) is 51.1 Å². The molecule has 0 spiro atoms. The highest BCUT2D eigenvalue weighted by molar-refractivity contribution is 4.88. The van der Waals surface area contributed by atoms with Gasteiger partial charge in [0.05, 0.1) is 0 Å². The molecule has 3 unspecified atom stereocenters. The second-order valence-corrected chi connectivity index (χ2v) is 5.46. The lowest BCUT2D eigenvalue weighted by Crippen LogP contribution is -2.43. The van der Waals surface area contributed by atoms with Crippen LogP contribution in [0, 0.1) is 5.92 Å². The van der Waals surface area contributed by atoms with E-state index in [2.05, 4.69) is 24.1 Å². The molecular weight excluding hydrogens is 184 g/mol. The van der Waals surface area contributed by atoms with Crippen LogP contribution < -0.4 is 5.32 Å². The SMILES string of the molecule is CCCN(C1CCNC1)C1CCC(C)C1. The van der Waals surface area contributed by atoms with Crippen molar-refractivity contribution < 1.29 is 0 Å². The van der Waals surface area contributed by atoms with E-state index in [4.69, 9.17) is 0 Å². The Morgan fingerprint density at radius 2 is 2.07 bits per heavy atom. The molecule has 2 rings (SSSR count). The van der Waals surface area contributed by atoms with Crippen molar-refractivity contribution in [3.8, 4) is 0 Å². The molecule has 1 saturated carbocycles. The van der Waals surface area contributed by atoms with Gasteiger partial charge in [0.15, 0.2) is 0 Å². The number of nitrogens with zero attached hydrogens (tertiary/aromatic N) is 1. The Labute approximate surface area is 94.4 Å². The first kappa shape index (κ1) is 11.4. The lowest BCUT2D eigenvalue weighted by atomic mass is 10.1. The Morgan fingerprint density at radius 1 is 1.20 bits per heavy atom. The normalized spacial score (nSPS) is 36.6. The molecule has 0 bridgehead atoms. The second-order valence-electron chi connectivity index (χ2n) is 5.46. The van der Waals surface area contributed by atoms with Gasteiger partial charge in [-0.15, -0.1) is 0 Å². The van der Waals surface area contributed by atoms with Crippen LogP contribution in [0.1, 0.15) is 46.0 Å². The van der Waals surface area contributed by atoms with Crippen molar-refractivity contribution in [2.45, 2.75) is 58.0 Å². The van der Waals surface area contributed by atoms with Gasteiger partial charge in [0, 0.05) is 18.6 Å². The van der Waals surface area contributed by atoms with Crippen LogP contribution in [0.25, 0.3) is 0 Å². The quantitative estimate of drug-likeness (QED) is 0.765. The maximum atomic E-state index is 3.50. The van der Waals surface area contributed by atoms with Crippen LogP contribution in [0.15, 0.2) is 0 Å². The largest absolute Gasteiger partial charge is 0.315 e. The first-order chi connectivity index (χ1) is 7.31. The van der Waals surface area contributed by atoms with E-state index in [1.165, 1.54) is 51.7 Å². The van der Waals surface area contributed by atoms with Crippen molar-refractivity contribution in [3.05, 3.63) is 0 Å². The average Bonchev–Trinajstić information content (AvgIpc) is 2.85. The molecule has 1 aliphatic carbocycles. The third-order valence-corrected chi connectivity index (χ3v) is 4.12. The summed E-state index contributed by atoms with van der Waals surface area (Å²) in [6.45, 7) is 8.49. The zero-order valence-electron chi connectivity index (χ0n) is 10.3. The number of nitrogens with one attached hydrogen (secondary N) is 1. The van der Waals surface area contributed by atoms with Gasteiger partial charge in [0.1, 0.15) is 0 Å². The highest BCUT2D eigenvalue weighted by Gasteiger charge is 2.31. The van der Waals surface area contributed by atoms with Gasteiger partial charge < -0.3 is 5.32 Å². The maximum absolute atomic E-state index is 3.50. The van der Waals surface area contributed by atoms with E-state index in [9.17, 15) is 0 Å². The summed E-state index contributed by atoms with van der Waals surface area (Å²) in [5, 5.41) is 3.50. The third-order valence-electron chi connectivity index (χ3n) is 4.12. The fourth-order valence-electron chi connectivity index (χ4n) is 3.32. The Hall–Kier alpha value is -0.0800. The predicted molar refractivity (Wildman–Crippen MR) is 65.1 cm³/mol. The van der Waals surface area contributed by atoms with E-state index < -0.39 is 0 Å². The van der Waals surface area contributed by atoms with E-state index in [0.717, 1.165) is 18.0 Å². The van der Waals surface area contributed by atoms with Crippen LogP contribution in [-0.4, -0.2) is 36.6 Å². The molecule has 3 atom stereocenters. The molecule has 1 aliphatic heterocycles. The fourth-order valence-corrected chi connectivity index (χ4v) is 3.32. The maximum Gasteiger partial charge on any atom is 0.0235 e. The highest BCUT2D eigenvalue weighted by atomic mass is 15.2. The monoisotopic (exact) mass is 210 g/mol. The summed E-state index contributed by atoms with van der Waals surface area (Å²) in [5.74, 6) is 0.962. The molecular formula is C13H26N2. The Bertz CT molecular complexity index is 187. The molecule has 15 heavy (non-hydrogen) atoms. The minimum absolute atomic E-state index is 0.834. The molecule has 2 fully saturated rings. The van der Waals surface area contributed by atoms with E-state index in [1.807, 2.05) is 0 Å². The van der Waals surface area contributed by atoms with E-state index in [1.54, 1.807) is 0 Å². The molecule has 0 aromatic carbocycles. The molecule has 1 saturated heterocycles. The molecule has 1 heterocycles. The van der Waals surface area contributed by atoms with Crippen LogP contribution in [0.5, 0.6) is 0 Å². The van der Waals surface area contributed by atoms with Crippen LogP contribution in [-0.2, 0) is 0 Å². The lowest BCUT2D eigenvalue weighted by Gasteiger charge is -2.34. The first-order valence-electron chi connectivity index (χ1n) is 6.77. The smallest absolute Gasteiger partial charge is 0.0235 e. The standard InChI is InChI=1S/C13H26N2/c1-3-8-15(13-6-7-14-10-13)12-5-4-11(2)9-12/h11-14H,3-10H2,1-2H3. The topological polar surface area (TPSA) is 15.3 Å². The fraction of sp³-hybridized carbons (Fsp3) is 1.00. The van der Waals surface area contributed by atoms with E-state index >= 15 is 0 Å². The van der Waals surface area contributed by atoms with Crippen LogP contribution >= 0.6 is 0 Å². The summed E-state index contributed by atoms with van der Waals surface area (Å²) in [5.41, 5.74) is 0. The second kappa shape index (κ2) is 5.31. The third kappa shape index (κ3) is 2.73. The van der Waals surface area contributed by atoms with Gasteiger partial charge in [0.2, 0.25) is 0 Å². The van der Waals surface area contributed by atoms with Gasteiger partial charge >= 0.3 is 0 Å². The number of hydrogen-bond acceptors (Lipinski definition) is 2. The Morgan fingerprint density at radius 3 is 2.60 bits per heavy atom. The van der Waals surface area contributed by atoms with Gasteiger partial charge in [-0.2, -0.15) is 0 Å². The Balaban J connectivity index is 1.92. The summed E-state index contributed by atoms with van der Waals surface area (Å²) >= 11 is 0. The van der Waals surface area contributed by atoms with Crippen LogP contribution in [0.3, 0.4) is 0 Å². The zero-order chi connectivity index (χ0) is 10.7. The first-order valence-corrected chi connectivity index (χ1v) is 6.77. The summed E-state index contributed by atoms with van der Waals surface area (Å²) in [6, 6.07) is 1.73. The van der Waals surface area contributed by atoms with Gasteiger partial charge in [-0.1, -0.05) is 13.8 Å². The average molecular weight is 210 g/mol. The minimum Gasteiger partial charge on any atom is -0.315 e. The summed E-state index contributed by atoms with van der Waals surface area (Å²) in [4.78, 5) is 2.81. The van der Waals surface area contributed by atoms with Gasteiger partial charge in [0.25, 0.3) is 0 Å². The van der Waals surface area contributed by atoms with Crippen LogP contribution in [0.2, 0.25) is 0 Å². The van der Waals surface area contributed by atoms with Crippen molar-refractivity contribution in [2.75, 3.05) is 19.6 Å². The van der Waals surface area contributed by atoms with Crippen molar-refractivity contribution >= 4 is 0 Å². The molecule has 2 nitrogen and oxygen atoms in total. The zero-order valence-corrected chi connectivity index (χ0v) is 10.3. The van der Waals surface area contributed by atoms with Gasteiger partial charge in [-0.25, -0.2) is 0 Å². The molecule has 2 heteroatoms. The molecule has 0 aromatic rings. The van der Waals surface area contributed by atoms with Crippen molar-refractivity contribution in [1.82, 2.24) is 10.2 Å². The lowest BCUT2D eigenvalue weighted by molar-refractivity contribution is 0.142. The summed E-state index contributed by atoms with van der Waals surface area (Å²) in [7, 11) is 0. The predicted octanol–water partition coefficient (Wildman–Crippen LogP) is 2.25. The molecule has 0 radical (unpaired) electrons. The van der Waals surface area contributed by atoms with Crippen LogP contribution in [0.4, 0.5) is 0 Å². The Kier molecular flexibility index (Phi) is 4.04. The highest BCUT2D eigenvalue weighted by Crippen LogP contribution is 2.31. The summed E-state index contributed by atoms with van der Waals surface area (Å²) in [6.07, 6.45) is 7.01. The van der Waals surface area contributed by atoms with Crippen molar-refractivity contribution in [2.24, 2.45) is 5.92 Å². The molecule has 88 valence electrons. The number of hydrogen-bond donors (Lipinski definition) is 1. The molecule has 0 aromatic heterocycles.